The van der Waals surface area contributed by atoms with Crippen LogP contribution in [0.4, 0.5) is 5.95 Å². The van der Waals surface area contributed by atoms with Gasteiger partial charge in [-0.15, -0.1) is 5.10 Å². The van der Waals surface area contributed by atoms with Crippen molar-refractivity contribution in [3.63, 3.8) is 0 Å². The summed E-state index contributed by atoms with van der Waals surface area (Å²) in [5.74, 6) is 0.246. The summed E-state index contributed by atoms with van der Waals surface area (Å²) in [5.41, 5.74) is 0.309. The Morgan fingerprint density at radius 1 is 1.24 bits per heavy atom. The molecular weight excluding hydrogens is 336 g/mol. The highest BCUT2D eigenvalue weighted by Gasteiger charge is 2.59. The second-order valence-corrected chi connectivity index (χ2v) is 6.82. The Kier molecular flexibility index (Phi) is 3.95. The first kappa shape index (κ1) is 16.1. The average molecular weight is 354 g/mol. The van der Waals surface area contributed by atoms with Crippen LogP contribution in [0.15, 0.2) is 42.5 Å². The van der Waals surface area contributed by atoms with Crippen molar-refractivity contribution >= 4 is 30.4 Å². The number of aromatic amines is 1. The number of carbonyl (C=O) groups excluding carboxylic acids is 2. The van der Waals surface area contributed by atoms with Gasteiger partial charge in [0.25, 0.3) is 5.95 Å². The number of anilines is 1. The molecule has 1 fully saturated rings. The summed E-state index contributed by atoms with van der Waals surface area (Å²) in [6, 6.07) is 9.83. The summed E-state index contributed by atoms with van der Waals surface area (Å²) in [5, 5.41) is 6.96. The van der Waals surface area contributed by atoms with Gasteiger partial charge in [-0.2, -0.15) is 17.6 Å². The molecule has 1 N–H and O–H groups in total. The molecule has 1 aromatic heterocycles. The number of amides is 2. The number of H-pyrrole nitrogens is 1. The van der Waals surface area contributed by atoms with Gasteiger partial charge in [-0.25, -0.2) is 4.90 Å². The van der Waals surface area contributed by atoms with Gasteiger partial charge in [0.1, 0.15) is 5.82 Å². The third kappa shape index (κ3) is 2.50. The predicted octanol–water partition coefficient (Wildman–Crippen LogP) is 2.15. The zero-order valence-corrected chi connectivity index (χ0v) is 14.4. The zero-order valence-electron chi connectivity index (χ0n) is 13.6. The van der Waals surface area contributed by atoms with Gasteiger partial charge >= 0.3 is 0 Å². The smallest absolute Gasteiger partial charge is 0.258 e. The van der Waals surface area contributed by atoms with Gasteiger partial charge < -0.3 is 0 Å². The quantitative estimate of drug-likeness (QED) is 0.501. The molecule has 0 saturated carbocycles. The molecule has 1 saturated heterocycles. The summed E-state index contributed by atoms with van der Waals surface area (Å²) in [4.78, 5) is 31.3. The van der Waals surface area contributed by atoms with Crippen LogP contribution < -0.4 is 4.90 Å². The number of nitrogens with zero attached hydrogens (tertiary/aromatic N) is 3. The lowest BCUT2D eigenvalue weighted by Crippen LogP contribution is -2.39. The third-order valence-electron chi connectivity index (χ3n) is 5.05. The van der Waals surface area contributed by atoms with E-state index in [2.05, 4.69) is 27.8 Å². The number of rotatable bonds is 4. The van der Waals surface area contributed by atoms with Crippen molar-refractivity contribution in [3.8, 4) is 0 Å². The molecule has 2 amide bonds. The first-order valence-corrected chi connectivity index (χ1v) is 8.88. The fourth-order valence-corrected chi connectivity index (χ4v) is 4.12. The average Bonchev–Trinajstić information content (AvgIpc) is 3.18. The summed E-state index contributed by atoms with van der Waals surface area (Å²) in [7, 11) is 0. The molecule has 2 atom stereocenters. The molecule has 1 aliphatic heterocycles. The molecule has 4 rings (SSSR count). The van der Waals surface area contributed by atoms with Gasteiger partial charge in [0.2, 0.25) is 11.8 Å². The lowest BCUT2D eigenvalue weighted by Gasteiger charge is -2.30. The van der Waals surface area contributed by atoms with Crippen molar-refractivity contribution in [2.24, 2.45) is 11.3 Å². The fourth-order valence-electron chi connectivity index (χ4n) is 3.63. The van der Waals surface area contributed by atoms with Crippen LogP contribution in [0.2, 0.25) is 0 Å². The molecule has 2 heterocycles. The van der Waals surface area contributed by atoms with Gasteiger partial charge in [-0.05, 0) is 18.4 Å². The highest BCUT2D eigenvalue weighted by Crippen LogP contribution is 2.47. The van der Waals surface area contributed by atoms with Crippen LogP contribution in [0, 0.1) is 11.3 Å². The van der Waals surface area contributed by atoms with E-state index < -0.39 is 5.41 Å². The summed E-state index contributed by atoms with van der Waals surface area (Å²) in [6.07, 6.45) is 5.57. The molecule has 7 heteroatoms. The molecule has 2 unspecified atom stereocenters. The van der Waals surface area contributed by atoms with Gasteiger partial charge in [0.15, 0.2) is 0 Å². The van der Waals surface area contributed by atoms with E-state index in [0.29, 0.717) is 30.8 Å². The Bertz CT molecular complexity index is 848. The molecule has 0 bridgehead atoms. The van der Waals surface area contributed by atoms with Gasteiger partial charge in [-0.1, -0.05) is 42.5 Å². The molecule has 6 nitrogen and oxygen atoms in total. The van der Waals surface area contributed by atoms with Crippen LogP contribution in [0.5, 0.6) is 0 Å². The van der Waals surface area contributed by atoms with Gasteiger partial charge in [0, 0.05) is 12.2 Å². The number of imide groups is 1. The van der Waals surface area contributed by atoms with Crippen molar-refractivity contribution in [1.29, 1.82) is 0 Å². The van der Waals surface area contributed by atoms with E-state index in [-0.39, 0.29) is 23.7 Å². The van der Waals surface area contributed by atoms with Crippen molar-refractivity contribution in [2.75, 3.05) is 10.7 Å². The molecule has 2 aromatic rings. The number of allylic oxidation sites excluding steroid dienone is 2. The maximum atomic E-state index is 13.0. The normalized spacial score (nSPS) is 25.5. The third-order valence-corrected chi connectivity index (χ3v) is 5.62. The van der Waals surface area contributed by atoms with Crippen LogP contribution >= 0.6 is 12.6 Å². The van der Waals surface area contributed by atoms with Crippen LogP contribution in [-0.4, -0.2) is 32.7 Å². The van der Waals surface area contributed by atoms with Crippen LogP contribution in [-0.2, 0) is 16.0 Å². The molecule has 25 heavy (non-hydrogen) atoms. The zero-order chi connectivity index (χ0) is 17.4. The maximum absolute atomic E-state index is 13.0. The lowest BCUT2D eigenvalue weighted by atomic mass is 9.72. The number of thiol groups is 1. The minimum atomic E-state index is -0.769. The minimum Gasteiger partial charge on any atom is -0.274 e. The first-order chi connectivity index (χ1) is 12.2. The predicted molar refractivity (Wildman–Crippen MR) is 96.3 cm³/mol. The summed E-state index contributed by atoms with van der Waals surface area (Å²) in [6.45, 7) is 0. The van der Waals surface area contributed by atoms with E-state index in [1.165, 1.54) is 0 Å². The summed E-state index contributed by atoms with van der Waals surface area (Å²) >= 11 is 4.37. The molecule has 1 aromatic carbocycles. The van der Waals surface area contributed by atoms with Gasteiger partial charge in [-0.3, -0.25) is 14.7 Å². The SMILES string of the molecule is O=C1C2CC=CCC2(CS)C(=O)N1c1n[nH]c(Cc2ccccc2)n1. The number of hydrogen-bond acceptors (Lipinski definition) is 5. The molecule has 0 spiro atoms. The fraction of sp³-hybridized carbons (Fsp3) is 0.333. The topological polar surface area (TPSA) is 79.0 Å². The lowest BCUT2D eigenvalue weighted by molar-refractivity contribution is -0.125. The van der Waals surface area contributed by atoms with E-state index >= 15 is 0 Å². The number of fused-ring (bicyclic) bond motifs is 1. The number of aromatic nitrogens is 3. The molecular formula is C18H18N4O2S. The standard InChI is InChI=1S/C18H18N4O2S/c23-15-13-8-4-5-9-18(13,11-25)16(24)22(15)17-19-14(20-21-17)10-12-6-2-1-3-7-12/h1-7,13,25H,8-11H2,(H,19,20,21). The van der Waals surface area contributed by atoms with E-state index in [0.717, 1.165) is 10.5 Å². The molecule has 0 radical (unpaired) electrons. The van der Waals surface area contributed by atoms with Crippen LogP contribution in [0.3, 0.4) is 0 Å². The van der Waals surface area contributed by atoms with Crippen molar-refractivity contribution in [3.05, 3.63) is 53.9 Å². The molecule has 128 valence electrons. The van der Waals surface area contributed by atoms with E-state index in [4.69, 9.17) is 0 Å². The second kappa shape index (κ2) is 6.15. The largest absolute Gasteiger partial charge is 0.274 e. The molecule has 1 aliphatic carbocycles. The molecule has 2 aliphatic rings. The Hall–Kier alpha value is -2.41. The van der Waals surface area contributed by atoms with Crippen molar-refractivity contribution < 1.29 is 9.59 Å². The Morgan fingerprint density at radius 3 is 2.76 bits per heavy atom. The van der Waals surface area contributed by atoms with Gasteiger partial charge in [0.05, 0.1) is 11.3 Å². The number of benzene rings is 1. The van der Waals surface area contributed by atoms with E-state index in [1.54, 1.807) is 0 Å². The Morgan fingerprint density at radius 2 is 2.04 bits per heavy atom. The summed E-state index contributed by atoms with van der Waals surface area (Å²) < 4.78 is 0. The monoisotopic (exact) mass is 354 g/mol. The van der Waals surface area contributed by atoms with Crippen molar-refractivity contribution in [2.45, 2.75) is 19.3 Å². The van der Waals surface area contributed by atoms with Crippen LogP contribution in [0.1, 0.15) is 24.2 Å². The second-order valence-electron chi connectivity index (χ2n) is 6.50. The Balaban J connectivity index is 1.62. The van der Waals surface area contributed by atoms with E-state index in [9.17, 15) is 9.59 Å². The van der Waals surface area contributed by atoms with Crippen molar-refractivity contribution in [1.82, 2.24) is 15.2 Å². The minimum absolute atomic E-state index is 0.136. The number of hydrogen-bond donors (Lipinski definition) is 2. The number of carbonyl (C=O) groups is 2. The van der Waals surface area contributed by atoms with E-state index in [1.807, 2.05) is 42.5 Å². The first-order valence-electron chi connectivity index (χ1n) is 8.25. The number of nitrogens with one attached hydrogen (secondary N) is 1. The highest BCUT2D eigenvalue weighted by molar-refractivity contribution is 7.80. The van der Waals surface area contributed by atoms with Crippen LogP contribution in [0.25, 0.3) is 0 Å². The maximum Gasteiger partial charge on any atom is 0.258 e. The Labute approximate surface area is 150 Å². The highest BCUT2D eigenvalue weighted by atomic mass is 32.1.